The van der Waals surface area contributed by atoms with Crippen LogP contribution in [0.25, 0.3) is 0 Å². The number of benzene rings is 1. The van der Waals surface area contributed by atoms with Gasteiger partial charge in [-0.25, -0.2) is 4.99 Å². The molecule has 140 valence electrons. The smallest absolute Gasteiger partial charge is 0.270 e. The van der Waals surface area contributed by atoms with Gasteiger partial charge in [0.1, 0.15) is 6.04 Å². The van der Waals surface area contributed by atoms with Crippen molar-refractivity contribution in [2.24, 2.45) is 33.1 Å². The third-order valence-corrected chi connectivity index (χ3v) is 3.67. The van der Waals surface area contributed by atoms with E-state index in [0.29, 0.717) is 5.69 Å². The number of primary amides is 2. The summed E-state index contributed by atoms with van der Waals surface area (Å²) in [5, 5.41) is 10.7. The van der Waals surface area contributed by atoms with Crippen LogP contribution in [-0.2, 0) is 9.59 Å². The van der Waals surface area contributed by atoms with E-state index in [1.165, 1.54) is 0 Å². The monoisotopic (exact) mass is 359 g/mol. The minimum absolute atomic E-state index is 0.172. The first-order valence-corrected chi connectivity index (χ1v) is 7.97. The van der Waals surface area contributed by atoms with E-state index in [1.54, 1.807) is 19.9 Å². The van der Waals surface area contributed by atoms with Crippen molar-refractivity contribution in [2.75, 3.05) is 5.32 Å². The summed E-state index contributed by atoms with van der Waals surface area (Å²) in [5.74, 6) is -2.28. The zero-order valence-electron chi connectivity index (χ0n) is 15.3. The molecule has 0 radical (unpaired) electrons. The fourth-order valence-electron chi connectivity index (χ4n) is 2.05. The minimum Gasteiger partial charge on any atom is -0.368 e. The number of amidine groups is 1. The van der Waals surface area contributed by atoms with Crippen LogP contribution in [0.15, 0.2) is 28.2 Å². The van der Waals surface area contributed by atoms with Crippen LogP contribution < -0.4 is 22.5 Å². The van der Waals surface area contributed by atoms with Crippen LogP contribution in [0.4, 0.5) is 5.69 Å². The second-order valence-corrected chi connectivity index (χ2v) is 6.20. The number of nitrogens with two attached hydrogens (primary N) is 3. The van der Waals surface area contributed by atoms with Crippen molar-refractivity contribution in [2.45, 2.75) is 33.7 Å². The van der Waals surface area contributed by atoms with E-state index in [0.717, 1.165) is 11.1 Å². The molecule has 0 aliphatic carbocycles. The van der Waals surface area contributed by atoms with E-state index in [2.05, 4.69) is 15.3 Å². The summed E-state index contributed by atoms with van der Waals surface area (Å²) >= 11 is 0. The summed E-state index contributed by atoms with van der Waals surface area (Å²) < 4.78 is 0. The van der Waals surface area contributed by atoms with Gasteiger partial charge in [0.2, 0.25) is 11.9 Å². The first-order chi connectivity index (χ1) is 12.0. The number of carbonyl (C=O) groups excluding carboxylic acids is 2. The molecule has 0 heterocycles. The molecule has 8 N–H and O–H groups in total. The number of aryl methyl sites for hydroxylation is 2. The second kappa shape index (κ2) is 8.75. The fourth-order valence-corrected chi connectivity index (χ4v) is 2.05. The Bertz CT molecular complexity index is 781. The summed E-state index contributed by atoms with van der Waals surface area (Å²) in [4.78, 5) is 30.8. The predicted molar refractivity (Wildman–Crippen MR) is 103 cm³/mol. The Hall–Kier alpha value is -3.23. The standard InChI is InChI=1S/C17H25N7O2/c1-8(2)13(15(20)26)23-17(21)24-16(12(18)14(19)25)22-11-6-5-9(3)10(4)7-11/h5-8,13,18H,1-4H3,(H2,19,25)(H2,20,26)(H3,21,22,23,24)/t13-/m1/s1. The summed E-state index contributed by atoms with van der Waals surface area (Å²) in [5.41, 5.74) is 18.4. The van der Waals surface area contributed by atoms with E-state index in [-0.39, 0.29) is 17.7 Å². The van der Waals surface area contributed by atoms with Gasteiger partial charge < -0.3 is 22.5 Å². The molecular weight excluding hydrogens is 334 g/mol. The highest BCUT2D eigenvalue weighted by atomic mass is 16.1. The Labute approximate surface area is 152 Å². The predicted octanol–water partition coefficient (Wildman–Crippen LogP) is 0.444. The zero-order valence-corrected chi connectivity index (χ0v) is 15.3. The van der Waals surface area contributed by atoms with E-state index >= 15 is 0 Å². The molecule has 0 unspecified atom stereocenters. The van der Waals surface area contributed by atoms with Gasteiger partial charge in [0.05, 0.1) is 0 Å². The second-order valence-electron chi connectivity index (χ2n) is 6.20. The fraction of sp³-hybridized carbons (Fsp3) is 0.353. The first-order valence-electron chi connectivity index (χ1n) is 7.97. The van der Waals surface area contributed by atoms with Gasteiger partial charge in [0.25, 0.3) is 5.91 Å². The number of hydrogen-bond acceptors (Lipinski definition) is 4. The van der Waals surface area contributed by atoms with Gasteiger partial charge in [-0.15, -0.1) is 0 Å². The maximum atomic E-state index is 11.4. The molecule has 9 nitrogen and oxygen atoms in total. The van der Waals surface area contributed by atoms with Crippen molar-refractivity contribution in [3.63, 3.8) is 0 Å². The molecular formula is C17H25N7O2. The van der Waals surface area contributed by atoms with Crippen LogP contribution in [0.2, 0.25) is 0 Å². The lowest BCUT2D eigenvalue weighted by Crippen LogP contribution is -2.37. The molecule has 1 aromatic carbocycles. The van der Waals surface area contributed by atoms with E-state index in [1.807, 2.05) is 26.0 Å². The molecule has 0 spiro atoms. The minimum atomic E-state index is -0.983. The Morgan fingerprint density at radius 2 is 1.73 bits per heavy atom. The van der Waals surface area contributed by atoms with Gasteiger partial charge in [-0.1, -0.05) is 19.9 Å². The topological polar surface area (TPSA) is 173 Å². The third kappa shape index (κ3) is 5.69. The molecule has 0 aliphatic heterocycles. The molecule has 1 aromatic rings. The van der Waals surface area contributed by atoms with Gasteiger partial charge >= 0.3 is 0 Å². The molecule has 0 bridgehead atoms. The average molecular weight is 359 g/mol. The summed E-state index contributed by atoms with van der Waals surface area (Å²) in [6.07, 6.45) is 0. The van der Waals surface area contributed by atoms with Crippen molar-refractivity contribution < 1.29 is 9.59 Å². The third-order valence-electron chi connectivity index (χ3n) is 3.67. The summed E-state index contributed by atoms with van der Waals surface area (Å²) in [7, 11) is 0. The molecule has 2 amide bonds. The van der Waals surface area contributed by atoms with Crippen molar-refractivity contribution in [1.29, 1.82) is 5.41 Å². The molecule has 1 atom stereocenters. The lowest BCUT2D eigenvalue weighted by Gasteiger charge is -2.14. The summed E-state index contributed by atoms with van der Waals surface area (Å²) in [6.45, 7) is 7.40. The maximum absolute atomic E-state index is 11.4. The Morgan fingerprint density at radius 3 is 2.19 bits per heavy atom. The van der Waals surface area contributed by atoms with Crippen molar-refractivity contribution in [3.8, 4) is 0 Å². The number of anilines is 1. The van der Waals surface area contributed by atoms with E-state index in [4.69, 9.17) is 22.6 Å². The number of hydrogen-bond donors (Lipinski definition) is 5. The molecule has 26 heavy (non-hydrogen) atoms. The first kappa shape index (κ1) is 20.8. The molecule has 0 saturated carbocycles. The number of amides is 2. The van der Waals surface area contributed by atoms with Crippen LogP contribution in [0, 0.1) is 25.2 Å². The number of rotatable bonds is 6. The van der Waals surface area contributed by atoms with Gasteiger partial charge in [0.15, 0.2) is 11.5 Å². The van der Waals surface area contributed by atoms with Crippen molar-refractivity contribution in [1.82, 2.24) is 0 Å². The number of carbonyl (C=O) groups is 2. The number of nitrogens with one attached hydrogen (secondary N) is 2. The zero-order chi connectivity index (χ0) is 20.0. The Morgan fingerprint density at radius 1 is 1.12 bits per heavy atom. The lowest BCUT2D eigenvalue weighted by atomic mass is 10.1. The van der Waals surface area contributed by atoms with Gasteiger partial charge in [-0.3, -0.25) is 15.0 Å². The Balaban J connectivity index is 3.25. The van der Waals surface area contributed by atoms with Crippen LogP contribution in [-0.4, -0.2) is 35.4 Å². The van der Waals surface area contributed by atoms with Crippen molar-refractivity contribution >= 4 is 35.0 Å². The summed E-state index contributed by atoms with van der Waals surface area (Å²) in [6, 6.07) is 4.60. The van der Waals surface area contributed by atoms with Crippen molar-refractivity contribution in [3.05, 3.63) is 29.3 Å². The highest BCUT2D eigenvalue weighted by Gasteiger charge is 2.20. The highest BCUT2D eigenvalue weighted by Crippen LogP contribution is 2.14. The number of guanidine groups is 1. The molecule has 0 aromatic heterocycles. The van der Waals surface area contributed by atoms with E-state index in [9.17, 15) is 9.59 Å². The highest BCUT2D eigenvalue weighted by molar-refractivity contribution is 6.67. The lowest BCUT2D eigenvalue weighted by molar-refractivity contribution is -0.120. The van der Waals surface area contributed by atoms with Crippen LogP contribution in [0.1, 0.15) is 25.0 Å². The molecule has 0 saturated heterocycles. The number of nitrogens with zero attached hydrogens (tertiary/aromatic N) is 2. The number of aliphatic imine (C=N–C) groups is 2. The van der Waals surface area contributed by atoms with Crippen LogP contribution in [0.5, 0.6) is 0 Å². The van der Waals surface area contributed by atoms with Crippen LogP contribution >= 0.6 is 0 Å². The maximum Gasteiger partial charge on any atom is 0.270 e. The van der Waals surface area contributed by atoms with Gasteiger partial charge in [-0.05, 0) is 43.0 Å². The molecule has 1 rings (SSSR count). The van der Waals surface area contributed by atoms with Gasteiger partial charge in [0, 0.05) is 5.69 Å². The SMILES string of the molecule is Cc1ccc(NC(=NC(N)=N[C@@H](C(N)=O)C(C)C)C(=N)C(N)=O)cc1C. The van der Waals surface area contributed by atoms with Gasteiger partial charge in [-0.2, -0.15) is 4.99 Å². The van der Waals surface area contributed by atoms with Crippen LogP contribution in [0.3, 0.4) is 0 Å². The normalized spacial score (nSPS) is 13.4. The molecule has 0 fully saturated rings. The Kier molecular flexibility index (Phi) is 7.00. The average Bonchev–Trinajstić information content (AvgIpc) is 2.54. The molecule has 9 heteroatoms. The largest absolute Gasteiger partial charge is 0.368 e. The quantitative estimate of drug-likeness (QED) is 0.366. The van der Waals surface area contributed by atoms with E-state index < -0.39 is 23.6 Å². The molecule has 0 aliphatic rings.